The van der Waals surface area contributed by atoms with Crippen molar-refractivity contribution in [3.05, 3.63) is 137 Å². The molecule has 4 heteroatoms. The van der Waals surface area contributed by atoms with Gasteiger partial charge in [0, 0.05) is 65.9 Å². The molecule has 1 unspecified atom stereocenters. The molecule has 1 saturated heterocycles. The van der Waals surface area contributed by atoms with E-state index in [1.54, 1.807) is 0 Å². The molecular weight excluding hydrogens is 540 g/mol. The van der Waals surface area contributed by atoms with E-state index < -0.39 is 5.60 Å². The first-order valence-corrected chi connectivity index (χ1v) is 15.8. The molecular formula is C40H38N2O2. The number of piperazine rings is 1. The van der Waals surface area contributed by atoms with Crippen LogP contribution in [-0.2, 0) is 11.0 Å². The standard InChI is InChI=1S/C40H38N2O2/c1-39(2)35-15-9-8-14-33(35)36-31-12-6-7-13-32(31)38-34(37(36)39)20-21-40(44-38,28-10-4-3-5-11-28)29-16-18-30(19-17-29)42-24-22-41(23-25-42)26-27-43/h3-21,43H,22-27H2,1-2H3. The van der Waals surface area contributed by atoms with Gasteiger partial charge in [0.1, 0.15) is 5.75 Å². The van der Waals surface area contributed by atoms with E-state index in [1.807, 2.05) is 0 Å². The summed E-state index contributed by atoms with van der Waals surface area (Å²) in [5, 5.41) is 11.7. The molecule has 2 heterocycles. The molecule has 3 aliphatic rings. The lowest BCUT2D eigenvalue weighted by Crippen LogP contribution is -2.47. The quantitative estimate of drug-likeness (QED) is 0.233. The summed E-state index contributed by atoms with van der Waals surface area (Å²) in [6.45, 7) is 9.52. The first-order valence-electron chi connectivity index (χ1n) is 15.8. The Kier molecular flexibility index (Phi) is 6.40. The molecule has 44 heavy (non-hydrogen) atoms. The molecule has 0 aromatic heterocycles. The molecule has 0 saturated carbocycles. The van der Waals surface area contributed by atoms with Crippen LogP contribution in [0.2, 0.25) is 0 Å². The smallest absolute Gasteiger partial charge is 0.178 e. The normalized spacial score (nSPS) is 20.2. The molecule has 220 valence electrons. The second kappa shape index (κ2) is 10.4. The molecule has 0 bridgehead atoms. The molecule has 0 amide bonds. The van der Waals surface area contributed by atoms with E-state index in [0.717, 1.165) is 55.0 Å². The monoisotopic (exact) mass is 578 g/mol. The Hall–Kier alpha value is -4.38. The zero-order chi connectivity index (χ0) is 29.9. The summed E-state index contributed by atoms with van der Waals surface area (Å²) in [5.74, 6) is 0.954. The summed E-state index contributed by atoms with van der Waals surface area (Å²) >= 11 is 0. The maximum absolute atomic E-state index is 9.33. The average molecular weight is 579 g/mol. The lowest BCUT2D eigenvalue weighted by atomic mass is 9.77. The van der Waals surface area contributed by atoms with Gasteiger partial charge in [0.05, 0.1) is 6.61 Å². The third-order valence-corrected chi connectivity index (χ3v) is 10.1. The zero-order valence-electron chi connectivity index (χ0n) is 25.5. The number of β-amino-alcohol motifs (C(OH)–C–C–N with tert-alkyl or cyclic N) is 1. The van der Waals surface area contributed by atoms with Crippen LogP contribution in [0, 0.1) is 0 Å². The molecule has 0 radical (unpaired) electrons. The minimum absolute atomic E-state index is 0.149. The number of rotatable bonds is 5. The molecule has 1 N–H and O–H groups in total. The van der Waals surface area contributed by atoms with Crippen LogP contribution in [0.5, 0.6) is 5.75 Å². The van der Waals surface area contributed by atoms with Crippen molar-refractivity contribution in [2.45, 2.75) is 24.9 Å². The Morgan fingerprint density at radius 1 is 0.727 bits per heavy atom. The number of aliphatic hydroxyl groups is 1. The lowest BCUT2D eigenvalue weighted by Gasteiger charge is -2.39. The Morgan fingerprint density at radius 2 is 1.39 bits per heavy atom. The SMILES string of the molecule is CC1(C)c2ccccc2-c2c1c1c(c3ccccc23)OC(c2ccccc2)(c2ccc(N3CCN(CCO)CC3)cc2)C=C1. The van der Waals surface area contributed by atoms with Crippen LogP contribution in [0.1, 0.15) is 41.7 Å². The minimum atomic E-state index is -0.765. The average Bonchev–Trinajstić information content (AvgIpc) is 3.32. The Labute approximate surface area is 259 Å². The van der Waals surface area contributed by atoms with Gasteiger partial charge in [-0.05, 0) is 45.8 Å². The molecule has 4 nitrogen and oxygen atoms in total. The van der Waals surface area contributed by atoms with E-state index in [9.17, 15) is 5.11 Å². The first-order chi connectivity index (χ1) is 21.5. The van der Waals surface area contributed by atoms with Gasteiger partial charge in [0.2, 0.25) is 0 Å². The number of ether oxygens (including phenoxy) is 1. The molecule has 1 atom stereocenters. The van der Waals surface area contributed by atoms with E-state index >= 15 is 0 Å². The fourth-order valence-corrected chi connectivity index (χ4v) is 7.86. The molecule has 8 rings (SSSR count). The Morgan fingerprint density at radius 3 is 2.14 bits per heavy atom. The third-order valence-electron chi connectivity index (χ3n) is 10.1. The van der Waals surface area contributed by atoms with Crippen LogP contribution < -0.4 is 9.64 Å². The summed E-state index contributed by atoms with van der Waals surface area (Å²) in [6, 6.07) is 37.2. The highest BCUT2D eigenvalue weighted by atomic mass is 16.5. The van der Waals surface area contributed by atoms with Crippen LogP contribution in [-0.4, -0.2) is 49.3 Å². The van der Waals surface area contributed by atoms with Crippen molar-refractivity contribution in [2.24, 2.45) is 0 Å². The van der Waals surface area contributed by atoms with Gasteiger partial charge in [0.25, 0.3) is 0 Å². The molecule has 2 aliphatic heterocycles. The maximum Gasteiger partial charge on any atom is 0.178 e. The highest BCUT2D eigenvalue weighted by Crippen LogP contribution is 2.58. The molecule has 1 aliphatic carbocycles. The lowest BCUT2D eigenvalue weighted by molar-refractivity contribution is 0.163. The van der Waals surface area contributed by atoms with Crippen LogP contribution in [0.25, 0.3) is 28.0 Å². The fourth-order valence-electron chi connectivity index (χ4n) is 7.86. The Bertz CT molecular complexity index is 1890. The van der Waals surface area contributed by atoms with Crippen molar-refractivity contribution in [2.75, 3.05) is 44.2 Å². The zero-order valence-corrected chi connectivity index (χ0v) is 25.5. The predicted octanol–water partition coefficient (Wildman–Crippen LogP) is 7.61. The number of anilines is 1. The Balaban J connectivity index is 1.26. The highest BCUT2D eigenvalue weighted by Gasteiger charge is 2.44. The molecule has 0 spiro atoms. The van der Waals surface area contributed by atoms with Crippen molar-refractivity contribution in [3.8, 4) is 16.9 Å². The summed E-state index contributed by atoms with van der Waals surface area (Å²) < 4.78 is 7.42. The van der Waals surface area contributed by atoms with Crippen LogP contribution in [0.3, 0.4) is 0 Å². The van der Waals surface area contributed by atoms with E-state index in [4.69, 9.17) is 4.74 Å². The summed E-state index contributed by atoms with van der Waals surface area (Å²) in [4.78, 5) is 4.77. The van der Waals surface area contributed by atoms with Crippen molar-refractivity contribution < 1.29 is 9.84 Å². The van der Waals surface area contributed by atoms with Gasteiger partial charge in [-0.2, -0.15) is 0 Å². The van der Waals surface area contributed by atoms with Gasteiger partial charge < -0.3 is 14.7 Å². The number of fused-ring (bicyclic) bond motifs is 8. The van der Waals surface area contributed by atoms with Crippen LogP contribution >= 0.6 is 0 Å². The van der Waals surface area contributed by atoms with E-state index in [-0.39, 0.29) is 12.0 Å². The van der Waals surface area contributed by atoms with E-state index in [2.05, 4.69) is 139 Å². The van der Waals surface area contributed by atoms with Gasteiger partial charge in [-0.3, -0.25) is 4.90 Å². The predicted molar refractivity (Wildman–Crippen MR) is 181 cm³/mol. The first kappa shape index (κ1) is 27.2. The second-order valence-corrected chi connectivity index (χ2v) is 12.8. The van der Waals surface area contributed by atoms with Gasteiger partial charge in [-0.1, -0.05) is 111 Å². The second-order valence-electron chi connectivity index (χ2n) is 12.8. The van der Waals surface area contributed by atoms with Crippen LogP contribution in [0.15, 0.2) is 109 Å². The number of hydrogen-bond donors (Lipinski definition) is 1. The van der Waals surface area contributed by atoms with Gasteiger partial charge >= 0.3 is 0 Å². The fraction of sp³-hybridized carbons (Fsp3) is 0.250. The number of benzene rings is 5. The largest absolute Gasteiger partial charge is 0.472 e. The highest BCUT2D eigenvalue weighted by molar-refractivity contribution is 6.08. The minimum Gasteiger partial charge on any atom is -0.472 e. The van der Waals surface area contributed by atoms with E-state index in [1.165, 1.54) is 38.9 Å². The van der Waals surface area contributed by atoms with Crippen molar-refractivity contribution >= 4 is 22.5 Å². The molecule has 5 aromatic rings. The van der Waals surface area contributed by atoms with Gasteiger partial charge in [-0.15, -0.1) is 0 Å². The van der Waals surface area contributed by atoms with E-state index in [0.29, 0.717) is 0 Å². The van der Waals surface area contributed by atoms with Crippen molar-refractivity contribution in [1.29, 1.82) is 0 Å². The molecule has 1 fully saturated rings. The number of hydrogen-bond acceptors (Lipinski definition) is 4. The topological polar surface area (TPSA) is 35.9 Å². The maximum atomic E-state index is 9.33. The molecule has 5 aromatic carbocycles. The number of aliphatic hydroxyl groups excluding tert-OH is 1. The summed E-state index contributed by atoms with van der Waals surface area (Å²) in [7, 11) is 0. The number of nitrogens with zero attached hydrogens (tertiary/aromatic N) is 2. The van der Waals surface area contributed by atoms with Gasteiger partial charge in [-0.25, -0.2) is 0 Å². The van der Waals surface area contributed by atoms with Crippen LogP contribution in [0.4, 0.5) is 5.69 Å². The van der Waals surface area contributed by atoms with Crippen molar-refractivity contribution in [3.63, 3.8) is 0 Å². The summed E-state index contributed by atoms with van der Waals surface area (Å²) in [5.41, 5.74) is 9.10. The third kappa shape index (κ3) is 4.05. The van der Waals surface area contributed by atoms with Crippen molar-refractivity contribution in [1.82, 2.24) is 4.90 Å². The summed E-state index contributed by atoms with van der Waals surface area (Å²) in [6.07, 6.45) is 4.61. The van der Waals surface area contributed by atoms with Gasteiger partial charge in [0.15, 0.2) is 5.60 Å².